The summed E-state index contributed by atoms with van der Waals surface area (Å²) >= 11 is 0. The lowest BCUT2D eigenvalue weighted by Crippen LogP contribution is -2.30. The van der Waals surface area contributed by atoms with Gasteiger partial charge in [-0.05, 0) is 64.2 Å². The van der Waals surface area contributed by atoms with Crippen LogP contribution in [0.5, 0.6) is 0 Å². The monoisotopic (exact) mass is 1220 g/mol. The van der Waals surface area contributed by atoms with Crippen LogP contribution in [0.3, 0.4) is 0 Å². The van der Waals surface area contributed by atoms with E-state index in [-0.39, 0.29) is 19.3 Å². The molecule has 5 atom stereocenters. The molecular formula is C65H118O16P2. The Morgan fingerprint density at radius 1 is 0.349 bits per heavy atom. The van der Waals surface area contributed by atoms with Gasteiger partial charge in [0.05, 0.1) is 26.4 Å². The van der Waals surface area contributed by atoms with Gasteiger partial charge in [0.25, 0.3) is 0 Å². The molecule has 5 unspecified atom stereocenters. The molecule has 0 fully saturated rings. The molecule has 0 radical (unpaired) electrons. The SMILES string of the molecule is CC/C=C\C/C=C\C/C=C\C/C=C\C/C=C\CCCCCCCCCC(=O)OCC(O)COP(=O)(O)OCC(O)COP(=O)(O)OCC(COC(=O)CCCCCCCCCCCCCCC)OC(=O)CCCCCCCCCCCCC. The maximum absolute atomic E-state index is 12.8. The first-order chi connectivity index (χ1) is 40.2. The van der Waals surface area contributed by atoms with Gasteiger partial charge in [0.2, 0.25) is 0 Å². The Kier molecular flexibility index (Phi) is 57.6. The Hall–Kier alpha value is -2.75. The predicted molar refractivity (Wildman–Crippen MR) is 335 cm³/mol. The number of ether oxygens (including phenoxy) is 3. The Balaban J connectivity index is 4.50. The molecular weight excluding hydrogens is 1100 g/mol. The number of carbonyl (C=O) groups is 3. The van der Waals surface area contributed by atoms with Crippen molar-refractivity contribution in [2.24, 2.45) is 0 Å². The number of phosphoric ester groups is 2. The first-order valence-corrected chi connectivity index (χ1v) is 35.6. The van der Waals surface area contributed by atoms with E-state index in [2.05, 4.69) is 81.5 Å². The largest absolute Gasteiger partial charge is 0.472 e. The highest BCUT2D eigenvalue weighted by atomic mass is 31.2. The summed E-state index contributed by atoms with van der Waals surface area (Å²) in [6.07, 6.45) is 58.6. The molecule has 484 valence electrons. The first-order valence-electron chi connectivity index (χ1n) is 32.6. The highest BCUT2D eigenvalue weighted by Crippen LogP contribution is 2.45. The lowest BCUT2D eigenvalue weighted by Gasteiger charge is -2.21. The molecule has 0 aliphatic heterocycles. The molecule has 0 aliphatic carbocycles. The van der Waals surface area contributed by atoms with Gasteiger partial charge in [-0.25, -0.2) is 9.13 Å². The van der Waals surface area contributed by atoms with Crippen molar-refractivity contribution >= 4 is 33.6 Å². The van der Waals surface area contributed by atoms with Crippen LogP contribution in [0.15, 0.2) is 60.8 Å². The van der Waals surface area contributed by atoms with Crippen LogP contribution in [0.4, 0.5) is 0 Å². The van der Waals surface area contributed by atoms with Gasteiger partial charge in [0.1, 0.15) is 25.4 Å². The van der Waals surface area contributed by atoms with Crippen LogP contribution in [0.1, 0.15) is 278 Å². The van der Waals surface area contributed by atoms with Gasteiger partial charge in [-0.3, -0.25) is 32.5 Å². The number of rotatable bonds is 62. The van der Waals surface area contributed by atoms with Gasteiger partial charge < -0.3 is 34.2 Å². The summed E-state index contributed by atoms with van der Waals surface area (Å²) in [6.45, 7) is 2.55. The first kappa shape index (κ1) is 80.2. The van der Waals surface area contributed by atoms with E-state index >= 15 is 0 Å². The molecule has 0 heterocycles. The van der Waals surface area contributed by atoms with E-state index in [0.717, 1.165) is 122 Å². The third-order valence-corrected chi connectivity index (χ3v) is 15.7. The van der Waals surface area contributed by atoms with Crippen LogP contribution in [0.25, 0.3) is 0 Å². The van der Waals surface area contributed by atoms with Gasteiger partial charge in [0, 0.05) is 19.3 Å². The van der Waals surface area contributed by atoms with E-state index < -0.39 is 91.5 Å². The molecule has 16 nitrogen and oxygen atoms in total. The number of hydrogen-bond acceptors (Lipinski definition) is 14. The number of phosphoric acid groups is 2. The zero-order valence-corrected chi connectivity index (χ0v) is 53.9. The lowest BCUT2D eigenvalue weighted by atomic mass is 10.0. The van der Waals surface area contributed by atoms with Crippen LogP contribution in [-0.2, 0) is 55.8 Å². The molecule has 18 heteroatoms. The maximum atomic E-state index is 12.8. The molecule has 4 N–H and O–H groups in total. The Labute approximate surface area is 503 Å². The number of allylic oxidation sites excluding steroid dienone is 10. The van der Waals surface area contributed by atoms with Crippen LogP contribution < -0.4 is 0 Å². The minimum Gasteiger partial charge on any atom is -0.463 e. The maximum Gasteiger partial charge on any atom is 0.472 e. The van der Waals surface area contributed by atoms with Crippen molar-refractivity contribution in [1.29, 1.82) is 0 Å². The van der Waals surface area contributed by atoms with Crippen molar-refractivity contribution in [3.05, 3.63) is 60.8 Å². The number of unbranched alkanes of at least 4 members (excludes halogenated alkanes) is 29. The summed E-state index contributed by atoms with van der Waals surface area (Å²) in [5.74, 6) is -1.57. The average Bonchev–Trinajstić information content (AvgIpc) is 3.46. The number of aliphatic hydroxyl groups excluding tert-OH is 2. The van der Waals surface area contributed by atoms with Crippen molar-refractivity contribution in [2.75, 3.05) is 39.6 Å². The topological polar surface area (TPSA) is 231 Å². The summed E-state index contributed by atoms with van der Waals surface area (Å²) in [4.78, 5) is 58.1. The van der Waals surface area contributed by atoms with Crippen LogP contribution in [0.2, 0.25) is 0 Å². The quantitative estimate of drug-likeness (QED) is 0.0146. The Morgan fingerprint density at radius 2 is 0.639 bits per heavy atom. The third-order valence-electron chi connectivity index (χ3n) is 13.8. The number of carbonyl (C=O) groups excluding carboxylic acids is 3. The number of esters is 3. The second kappa shape index (κ2) is 59.6. The van der Waals surface area contributed by atoms with Crippen LogP contribution >= 0.6 is 15.6 Å². The van der Waals surface area contributed by atoms with Crippen molar-refractivity contribution in [1.82, 2.24) is 0 Å². The second-order valence-electron chi connectivity index (χ2n) is 21.9. The van der Waals surface area contributed by atoms with E-state index in [4.69, 9.17) is 32.3 Å². The van der Waals surface area contributed by atoms with Gasteiger partial charge in [-0.1, -0.05) is 255 Å². The van der Waals surface area contributed by atoms with E-state index in [1.807, 2.05) is 0 Å². The molecule has 0 aromatic heterocycles. The lowest BCUT2D eigenvalue weighted by molar-refractivity contribution is -0.161. The van der Waals surface area contributed by atoms with E-state index in [9.17, 15) is 43.5 Å². The summed E-state index contributed by atoms with van der Waals surface area (Å²) < 4.78 is 60.7. The van der Waals surface area contributed by atoms with Crippen molar-refractivity contribution in [3.8, 4) is 0 Å². The van der Waals surface area contributed by atoms with Gasteiger partial charge in [-0.2, -0.15) is 0 Å². The summed E-state index contributed by atoms with van der Waals surface area (Å²) in [6, 6.07) is 0. The van der Waals surface area contributed by atoms with Crippen molar-refractivity contribution in [3.63, 3.8) is 0 Å². The minimum absolute atomic E-state index is 0.111. The van der Waals surface area contributed by atoms with Gasteiger partial charge >= 0.3 is 33.6 Å². The molecule has 0 spiro atoms. The predicted octanol–water partition coefficient (Wildman–Crippen LogP) is 17.4. The van der Waals surface area contributed by atoms with Gasteiger partial charge in [0.15, 0.2) is 6.10 Å². The fourth-order valence-electron chi connectivity index (χ4n) is 8.77. The normalized spacial score (nSPS) is 14.7. The van der Waals surface area contributed by atoms with E-state index in [1.165, 1.54) is 96.3 Å². The number of hydrogen-bond donors (Lipinski definition) is 4. The summed E-state index contributed by atoms with van der Waals surface area (Å²) in [5.41, 5.74) is 0. The van der Waals surface area contributed by atoms with Gasteiger partial charge in [-0.15, -0.1) is 0 Å². The fourth-order valence-corrected chi connectivity index (χ4v) is 10.4. The summed E-state index contributed by atoms with van der Waals surface area (Å²) in [7, 11) is -9.75. The van der Waals surface area contributed by atoms with Crippen LogP contribution in [0, 0.1) is 0 Å². The third kappa shape index (κ3) is 60.7. The smallest absolute Gasteiger partial charge is 0.463 e. The van der Waals surface area contributed by atoms with Crippen LogP contribution in [-0.4, -0.2) is 95.9 Å². The van der Waals surface area contributed by atoms with Crippen molar-refractivity contribution < 1.29 is 75.8 Å². The zero-order chi connectivity index (χ0) is 61.0. The van der Waals surface area contributed by atoms with Crippen molar-refractivity contribution in [2.45, 2.75) is 296 Å². The molecule has 0 aromatic carbocycles. The zero-order valence-electron chi connectivity index (χ0n) is 52.1. The second-order valence-corrected chi connectivity index (χ2v) is 24.8. The average molecular weight is 1220 g/mol. The van der Waals surface area contributed by atoms with E-state index in [1.54, 1.807) is 0 Å². The molecule has 0 saturated heterocycles. The Morgan fingerprint density at radius 3 is 1.01 bits per heavy atom. The number of aliphatic hydroxyl groups is 2. The molecule has 0 rings (SSSR count). The Bertz CT molecular complexity index is 1770. The summed E-state index contributed by atoms with van der Waals surface area (Å²) in [5, 5.41) is 20.5. The standard InChI is InChI=1S/C65H118O16P2/c1-4-7-10-13-16-19-22-24-25-26-27-28-29-30-31-32-33-35-38-39-42-45-48-51-63(68)75-54-60(66)55-77-82(71,72)78-56-61(67)57-79-83(73,74)80-59-62(81-65(70)53-50-47-44-41-36-21-18-15-12-9-6-3)58-76-64(69)52-49-46-43-40-37-34-23-20-17-14-11-8-5-2/h7,10,16,19,24-25,27-28,30-31,60-62,66-67H,4-6,8-9,11-15,17-18,20-23,26,29,32-59H2,1-3H3,(H,71,72)(H,73,74)/b10-7-,19-16-,25-24-,28-27-,31-30-. The molecule has 0 aliphatic rings. The molecule has 0 amide bonds. The van der Waals surface area contributed by atoms with E-state index in [0.29, 0.717) is 19.3 Å². The molecule has 83 heavy (non-hydrogen) atoms. The highest BCUT2D eigenvalue weighted by Gasteiger charge is 2.29. The minimum atomic E-state index is -4.91. The highest BCUT2D eigenvalue weighted by molar-refractivity contribution is 7.47. The fraction of sp³-hybridized carbons (Fsp3) is 0.800. The molecule has 0 aromatic rings. The molecule has 0 bridgehead atoms. The molecule has 0 saturated carbocycles.